The van der Waals surface area contributed by atoms with Crippen molar-refractivity contribution in [3.8, 4) is 0 Å². The van der Waals surface area contributed by atoms with E-state index in [1.54, 1.807) is 60.7 Å². The van der Waals surface area contributed by atoms with E-state index in [1.165, 1.54) is 0 Å². The van der Waals surface area contributed by atoms with Crippen molar-refractivity contribution in [2.45, 2.75) is 51.1 Å². The minimum atomic E-state index is -5.00. The maximum Gasteiger partial charge on any atom is 0.471 e. The van der Waals surface area contributed by atoms with Gasteiger partial charge in [0.25, 0.3) is 0 Å². The molecule has 0 heterocycles. The van der Waals surface area contributed by atoms with E-state index in [1.807, 2.05) is 26.8 Å². The summed E-state index contributed by atoms with van der Waals surface area (Å²) in [6, 6.07) is 16.5. The number of carbonyl (C=O) groups excluding carboxylic acids is 1. The van der Waals surface area contributed by atoms with Crippen molar-refractivity contribution in [1.82, 2.24) is 5.32 Å². The number of halogens is 3. The van der Waals surface area contributed by atoms with Crippen LogP contribution in [-0.2, 0) is 9.53 Å². The zero-order valence-electron chi connectivity index (χ0n) is 17.4. The molecule has 0 aliphatic carbocycles. The molecule has 0 bridgehead atoms. The molecule has 3 atom stereocenters. The molecule has 0 radical (unpaired) electrons. The van der Waals surface area contributed by atoms with Crippen molar-refractivity contribution < 1.29 is 22.7 Å². The average molecular weight is 419 g/mol. The van der Waals surface area contributed by atoms with E-state index in [0.29, 0.717) is 17.5 Å². The van der Waals surface area contributed by atoms with Gasteiger partial charge in [-0.2, -0.15) is 13.2 Å². The molecular formula is C24H28F3NO2. The third-order valence-corrected chi connectivity index (χ3v) is 5.30. The van der Waals surface area contributed by atoms with Gasteiger partial charge in [0.15, 0.2) is 0 Å². The maximum atomic E-state index is 13.1. The highest BCUT2D eigenvalue weighted by molar-refractivity contribution is 5.82. The van der Waals surface area contributed by atoms with Gasteiger partial charge in [-0.05, 0) is 30.4 Å². The first-order chi connectivity index (χ1) is 14.1. The van der Waals surface area contributed by atoms with Crippen molar-refractivity contribution in [3.63, 3.8) is 0 Å². The molecule has 0 unspecified atom stereocenters. The van der Waals surface area contributed by atoms with Gasteiger partial charge >= 0.3 is 12.1 Å². The molecule has 0 aliphatic heterocycles. The fourth-order valence-corrected chi connectivity index (χ4v) is 3.19. The smallest absolute Gasteiger partial charge is 0.364 e. The Hall–Kier alpha value is -2.60. The van der Waals surface area contributed by atoms with E-state index >= 15 is 0 Å². The number of hydrogen-bond donors (Lipinski definition) is 1. The summed E-state index contributed by atoms with van der Waals surface area (Å²) in [6.07, 6.45) is -3.61. The summed E-state index contributed by atoms with van der Waals surface area (Å²) in [5.74, 6) is -1.95. The van der Waals surface area contributed by atoms with Gasteiger partial charge in [0.05, 0.1) is 11.6 Å². The van der Waals surface area contributed by atoms with E-state index < -0.39 is 29.8 Å². The largest absolute Gasteiger partial charge is 0.471 e. The minimum absolute atomic E-state index is 0.0523. The second-order valence-corrected chi connectivity index (χ2v) is 7.77. The molecular weight excluding hydrogens is 391 g/mol. The first-order valence-electron chi connectivity index (χ1n) is 9.85. The van der Waals surface area contributed by atoms with Gasteiger partial charge in [0.1, 0.15) is 6.10 Å². The van der Waals surface area contributed by atoms with Crippen LogP contribution in [0.4, 0.5) is 13.2 Å². The van der Waals surface area contributed by atoms with Crippen molar-refractivity contribution in [2.75, 3.05) is 0 Å². The highest BCUT2D eigenvalue weighted by atomic mass is 19.4. The highest BCUT2D eigenvalue weighted by Gasteiger charge is 2.43. The Labute approximate surface area is 175 Å². The van der Waals surface area contributed by atoms with Crippen LogP contribution in [0.1, 0.15) is 50.5 Å². The number of amides is 1. The van der Waals surface area contributed by atoms with Crippen LogP contribution in [0.2, 0.25) is 0 Å². The van der Waals surface area contributed by atoms with Gasteiger partial charge in [-0.15, -0.1) is 6.58 Å². The minimum Gasteiger partial charge on any atom is -0.364 e. The topological polar surface area (TPSA) is 38.3 Å². The molecule has 162 valence electrons. The quantitative estimate of drug-likeness (QED) is 0.495. The number of rotatable bonds is 9. The van der Waals surface area contributed by atoms with Crippen LogP contribution in [0.15, 0.2) is 73.3 Å². The van der Waals surface area contributed by atoms with E-state index in [4.69, 9.17) is 4.74 Å². The predicted octanol–water partition coefficient (Wildman–Crippen LogP) is 6.15. The molecule has 0 fully saturated rings. The zero-order valence-corrected chi connectivity index (χ0v) is 17.4. The van der Waals surface area contributed by atoms with E-state index in [2.05, 4.69) is 11.9 Å². The molecule has 0 spiro atoms. The Balaban J connectivity index is 2.57. The van der Waals surface area contributed by atoms with Crippen LogP contribution in [0.25, 0.3) is 0 Å². The molecule has 0 saturated carbocycles. The summed E-state index contributed by atoms with van der Waals surface area (Å²) in [5, 5.41) is 2.16. The van der Waals surface area contributed by atoms with Gasteiger partial charge in [0.2, 0.25) is 0 Å². The Kier molecular flexibility index (Phi) is 7.84. The summed E-state index contributed by atoms with van der Waals surface area (Å²) in [4.78, 5) is 11.9. The molecule has 3 nitrogen and oxygen atoms in total. The Morgan fingerprint density at radius 1 is 1.03 bits per heavy atom. The van der Waals surface area contributed by atoms with Gasteiger partial charge in [-0.1, -0.05) is 80.6 Å². The summed E-state index contributed by atoms with van der Waals surface area (Å²) < 4.78 is 45.8. The molecule has 1 N–H and O–H groups in total. The number of ether oxygens (including phenoxy) is 1. The van der Waals surface area contributed by atoms with E-state index in [-0.39, 0.29) is 5.92 Å². The van der Waals surface area contributed by atoms with Crippen LogP contribution < -0.4 is 5.32 Å². The molecule has 6 heteroatoms. The Morgan fingerprint density at radius 2 is 1.53 bits per heavy atom. The normalized spacial score (nSPS) is 15.8. The number of benzene rings is 2. The summed E-state index contributed by atoms with van der Waals surface area (Å²) in [5.41, 5.74) is 0.497. The van der Waals surface area contributed by atoms with E-state index in [9.17, 15) is 18.0 Å². The average Bonchev–Trinajstić information content (AvgIpc) is 2.71. The molecule has 2 aromatic rings. The Bertz CT molecular complexity index is 821. The summed E-state index contributed by atoms with van der Waals surface area (Å²) >= 11 is 0. The molecule has 0 aromatic heterocycles. The third kappa shape index (κ3) is 5.95. The van der Waals surface area contributed by atoms with Crippen molar-refractivity contribution in [3.05, 3.63) is 84.4 Å². The lowest BCUT2D eigenvalue weighted by molar-refractivity contribution is -0.177. The maximum absolute atomic E-state index is 13.1. The van der Waals surface area contributed by atoms with Crippen LogP contribution in [-0.4, -0.2) is 17.7 Å². The van der Waals surface area contributed by atoms with Crippen molar-refractivity contribution in [1.29, 1.82) is 0 Å². The SMILES string of the molecule is C=CC[C@](C)(O[C@@H](c1ccccc1)[C@H](NC(=O)C(F)(F)F)c1ccccc1)C(C)C. The first-order valence-corrected chi connectivity index (χ1v) is 9.85. The van der Waals surface area contributed by atoms with Crippen molar-refractivity contribution in [2.24, 2.45) is 5.92 Å². The van der Waals surface area contributed by atoms with Gasteiger partial charge < -0.3 is 10.1 Å². The van der Waals surface area contributed by atoms with Gasteiger partial charge in [0, 0.05) is 0 Å². The predicted molar refractivity (Wildman–Crippen MR) is 112 cm³/mol. The zero-order chi connectivity index (χ0) is 22.4. The molecule has 2 aromatic carbocycles. The summed E-state index contributed by atoms with van der Waals surface area (Å²) in [6.45, 7) is 9.67. The summed E-state index contributed by atoms with van der Waals surface area (Å²) in [7, 11) is 0. The second-order valence-electron chi connectivity index (χ2n) is 7.77. The van der Waals surface area contributed by atoms with Crippen molar-refractivity contribution >= 4 is 5.91 Å². The molecule has 30 heavy (non-hydrogen) atoms. The van der Waals surface area contributed by atoms with Gasteiger partial charge in [-0.25, -0.2) is 0 Å². The second kappa shape index (κ2) is 9.94. The molecule has 0 saturated heterocycles. The van der Waals surface area contributed by atoms with Crippen LogP contribution in [0, 0.1) is 5.92 Å². The fourth-order valence-electron chi connectivity index (χ4n) is 3.19. The van der Waals surface area contributed by atoms with Gasteiger partial charge in [-0.3, -0.25) is 4.79 Å². The first kappa shape index (κ1) is 23.7. The number of carbonyl (C=O) groups is 1. The number of alkyl halides is 3. The Morgan fingerprint density at radius 3 is 1.97 bits per heavy atom. The lowest BCUT2D eigenvalue weighted by Gasteiger charge is -2.40. The van der Waals surface area contributed by atoms with Crippen LogP contribution >= 0.6 is 0 Å². The standard InChI is InChI=1S/C24H28F3NO2/c1-5-16-23(4,17(2)3)30-21(19-14-10-7-11-15-19)20(18-12-8-6-9-13-18)28-22(29)24(25,26)27/h5-15,17,20-21H,1,16H2,2-4H3,(H,28,29)/t20-,21+,23+/m1/s1. The third-order valence-electron chi connectivity index (χ3n) is 5.30. The molecule has 0 aliphatic rings. The lowest BCUT2D eigenvalue weighted by atomic mass is 9.87. The molecule has 2 rings (SSSR count). The number of nitrogens with one attached hydrogen (secondary N) is 1. The van der Waals surface area contributed by atoms with Crippen LogP contribution in [0.5, 0.6) is 0 Å². The van der Waals surface area contributed by atoms with E-state index in [0.717, 1.165) is 0 Å². The highest BCUT2D eigenvalue weighted by Crippen LogP contribution is 2.40. The number of hydrogen-bond acceptors (Lipinski definition) is 2. The molecule has 1 amide bonds. The fraction of sp³-hybridized carbons (Fsp3) is 0.375. The lowest BCUT2D eigenvalue weighted by Crippen LogP contribution is -2.44. The van der Waals surface area contributed by atoms with Crippen LogP contribution in [0.3, 0.4) is 0 Å². The monoisotopic (exact) mass is 419 g/mol.